The molecule has 0 amide bonds. The van der Waals surface area contributed by atoms with E-state index in [-0.39, 0.29) is 18.9 Å². The van der Waals surface area contributed by atoms with E-state index in [0.29, 0.717) is 18.4 Å². The van der Waals surface area contributed by atoms with Crippen molar-refractivity contribution in [3.63, 3.8) is 0 Å². The lowest BCUT2D eigenvalue weighted by Crippen LogP contribution is -2.19. The van der Waals surface area contributed by atoms with Crippen LogP contribution in [-0.2, 0) is 6.18 Å². The first-order valence-electron chi connectivity index (χ1n) is 5.62. The first kappa shape index (κ1) is 13.2. The molecule has 2 N–H and O–H groups in total. The van der Waals surface area contributed by atoms with Crippen molar-refractivity contribution < 1.29 is 17.6 Å². The molecule has 100 valence electrons. The molecule has 18 heavy (non-hydrogen) atoms. The summed E-state index contributed by atoms with van der Waals surface area (Å²) in [7, 11) is 0. The Hall–Kier alpha value is -1.24. The molecule has 1 heterocycles. The highest BCUT2D eigenvalue weighted by Crippen LogP contribution is 2.46. The van der Waals surface area contributed by atoms with Crippen molar-refractivity contribution in [2.45, 2.75) is 37.0 Å². The Morgan fingerprint density at radius 2 is 1.83 bits per heavy atom. The van der Waals surface area contributed by atoms with Crippen LogP contribution in [0, 0.1) is 0 Å². The summed E-state index contributed by atoms with van der Waals surface area (Å²) in [6.45, 7) is 0.167. The summed E-state index contributed by atoms with van der Waals surface area (Å²) < 4.78 is 50.4. The molecule has 0 unspecified atom stereocenters. The topological polar surface area (TPSA) is 51.8 Å². The molecule has 1 saturated carbocycles. The molecule has 7 heteroatoms. The Morgan fingerprint density at radius 1 is 1.28 bits per heavy atom. The molecule has 1 atom stereocenters. The molecule has 1 aliphatic rings. The zero-order chi connectivity index (χ0) is 13.4. The minimum atomic E-state index is -4.56. The molecule has 2 rings (SSSR count). The van der Waals surface area contributed by atoms with Crippen molar-refractivity contribution in [1.82, 2.24) is 9.97 Å². The van der Waals surface area contributed by atoms with E-state index in [9.17, 15) is 17.6 Å². The Kier molecular flexibility index (Phi) is 3.27. The van der Waals surface area contributed by atoms with Crippen molar-refractivity contribution in [3.8, 4) is 0 Å². The van der Waals surface area contributed by atoms with Crippen LogP contribution >= 0.6 is 0 Å². The summed E-state index contributed by atoms with van der Waals surface area (Å²) in [5, 5.41) is 0. The second-order valence-electron chi connectivity index (χ2n) is 4.63. The third kappa shape index (κ3) is 2.95. The fourth-order valence-corrected chi connectivity index (χ4v) is 1.81. The molecule has 1 aliphatic carbocycles. The molecular formula is C11H13F4N3. The number of aromatic nitrogens is 2. The van der Waals surface area contributed by atoms with Gasteiger partial charge in [-0.2, -0.15) is 13.2 Å². The van der Waals surface area contributed by atoms with E-state index in [1.165, 1.54) is 0 Å². The van der Waals surface area contributed by atoms with Crippen LogP contribution in [0.2, 0.25) is 0 Å². The Labute approximate surface area is 101 Å². The lowest BCUT2D eigenvalue weighted by atomic mass is 9.95. The molecule has 0 spiro atoms. The van der Waals surface area contributed by atoms with Gasteiger partial charge in [-0.3, -0.25) is 0 Å². The van der Waals surface area contributed by atoms with Crippen LogP contribution in [0.15, 0.2) is 12.4 Å². The average molecular weight is 263 g/mol. The van der Waals surface area contributed by atoms with Gasteiger partial charge in [-0.25, -0.2) is 14.4 Å². The molecule has 0 radical (unpaired) electrons. The number of hydrogen-bond acceptors (Lipinski definition) is 3. The lowest BCUT2D eigenvalue weighted by Gasteiger charge is -2.17. The Balaban J connectivity index is 2.12. The number of hydrogen-bond donors (Lipinski definition) is 1. The highest BCUT2D eigenvalue weighted by Gasteiger charge is 2.44. The van der Waals surface area contributed by atoms with Gasteiger partial charge < -0.3 is 5.73 Å². The van der Waals surface area contributed by atoms with Crippen LogP contribution in [0.25, 0.3) is 0 Å². The van der Waals surface area contributed by atoms with Crippen LogP contribution in [0.5, 0.6) is 0 Å². The lowest BCUT2D eigenvalue weighted by molar-refractivity contribution is -0.145. The average Bonchev–Trinajstić information content (AvgIpc) is 3.04. The minimum absolute atomic E-state index is 0.167. The predicted molar refractivity (Wildman–Crippen MR) is 56.5 cm³/mol. The van der Waals surface area contributed by atoms with Gasteiger partial charge in [0.25, 0.3) is 0 Å². The number of nitrogens with two attached hydrogens (primary N) is 1. The number of halogens is 4. The standard InChI is InChI=1S/C11H13F4N3/c12-10(1-2-10)3-7(4-16)8-5-17-9(18-6-8)11(13,14)15/h5-7H,1-4,16H2/t7-/m1/s1. The van der Waals surface area contributed by atoms with Gasteiger partial charge in [0, 0.05) is 18.3 Å². The fourth-order valence-electron chi connectivity index (χ4n) is 1.81. The zero-order valence-corrected chi connectivity index (χ0v) is 9.54. The molecule has 0 aliphatic heterocycles. The van der Waals surface area contributed by atoms with E-state index >= 15 is 0 Å². The van der Waals surface area contributed by atoms with Crippen molar-refractivity contribution in [1.29, 1.82) is 0 Å². The first-order chi connectivity index (χ1) is 8.34. The monoisotopic (exact) mass is 263 g/mol. The van der Waals surface area contributed by atoms with Crippen LogP contribution in [0.3, 0.4) is 0 Å². The van der Waals surface area contributed by atoms with E-state index in [2.05, 4.69) is 9.97 Å². The van der Waals surface area contributed by atoms with Crippen molar-refractivity contribution in [2.75, 3.05) is 6.54 Å². The van der Waals surface area contributed by atoms with E-state index in [1.807, 2.05) is 0 Å². The number of alkyl halides is 4. The molecule has 3 nitrogen and oxygen atoms in total. The second kappa shape index (κ2) is 4.46. The van der Waals surface area contributed by atoms with E-state index in [4.69, 9.17) is 5.73 Å². The molecule has 0 saturated heterocycles. The Bertz CT molecular complexity index is 411. The molecule has 1 aromatic heterocycles. The van der Waals surface area contributed by atoms with Gasteiger partial charge in [0.1, 0.15) is 5.67 Å². The number of rotatable bonds is 4. The largest absolute Gasteiger partial charge is 0.451 e. The summed E-state index contributed by atoms with van der Waals surface area (Å²) in [6.07, 6.45) is -1.19. The van der Waals surface area contributed by atoms with E-state index in [0.717, 1.165) is 12.4 Å². The van der Waals surface area contributed by atoms with Gasteiger partial charge in [0.15, 0.2) is 0 Å². The normalized spacial score (nSPS) is 19.6. The first-order valence-corrected chi connectivity index (χ1v) is 5.62. The molecule has 0 aromatic carbocycles. The molecular weight excluding hydrogens is 250 g/mol. The maximum absolute atomic E-state index is 13.6. The van der Waals surface area contributed by atoms with Gasteiger partial charge in [0.2, 0.25) is 5.82 Å². The van der Waals surface area contributed by atoms with Crippen LogP contribution in [0.1, 0.15) is 36.6 Å². The maximum Gasteiger partial charge on any atom is 0.451 e. The van der Waals surface area contributed by atoms with Crippen molar-refractivity contribution in [2.24, 2.45) is 5.73 Å². The number of nitrogens with zero attached hydrogens (tertiary/aromatic N) is 2. The van der Waals surface area contributed by atoms with Gasteiger partial charge in [-0.15, -0.1) is 0 Å². The van der Waals surface area contributed by atoms with Crippen LogP contribution in [-0.4, -0.2) is 22.2 Å². The smallest absolute Gasteiger partial charge is 0.330 e. The minimum Gasteiger partial charge on any atom is -0.330 e. The van der Waals surface area contributed by atoms with Crippen LogP contribution in [0.4, 0.5) is 17.6 Å². The summed E-state index contributed by atoms with van der Waals surface area (Å²) >= 11 is 0. The molecule has 1 aromatic rings. The SMILES string of the molecule is NC[C@@H](CC1(F)CC1)c1cnc(C(F)(F)F)nc1. The van der Waals surface area contributed by atoms with Gasteiger partial charge >= 0.3 is 6.18 Å². The van der Waals surface area contributed by atoms with Crippen molar-refractivity contribution >= 4 is 0 Å². The molecule has 0 bridgehead atoms. The highest BCUT2D eigenvalue weighted by molar-refractivity contribution is 5.16. The van der Waals surface area contributed by atoms with E-state index in [1.54, 1.807) is 0 Å². The van der Waals surface area contributed by atoms with Gasteiger partial charge in [-0.05, 0) is 31.4 Å². The summed E-state index contributed by atoms with van der Waals surface area (Å²) in [6, 6.07) is 0. The summed E-state index contributed by atoms with van der Waals surface area (Å²) in [5.74, 6) is -1.52. The quantitative estimate of drug-likeness (QED) is 0.849. The predicted octanol–water partition coefficient (Wildman–Crippen LogP) is 2.43. The Morgan fingerprint density at radius 3 is 2.22 bits per heavy atom. The van der Waals surface area contributed by atoms with Gasteiger partial charge in [0.05, 0.1) is 0 Å². The van der Waals surface area contributed by atoms with Crippen molar-refractivity contribution in [3.05, 3.63) is 23.8 Å². The highest BCUT2D eigenvalue weighted by atomic mass is 19.4. The summed E-state index contributed by atoms with van der Waals surface area (Å²) in [4.78, 5) is 6.51. The second-order valence-corrected chi connectivity index (χ2v) is 4.63. The fraction of sp³-hybridized carbons (Fsp3) is 0.636. The zero-order valence-electron chi connectivity index (χ0n) is 9.54. The van der Waals surface area contributed by atoms with Crippen LogP contribution < -0.4 is 5.73 Å². The third-order valence-electron chi connectivity index (χ3n) is 3.09. The third-order valence-corrected chi connectivity index (χ3v) is 3.09. The van der Waals surface area contributed by atoms with E-state index < -0.39 is 17.7 Å². The summed E-state index contributed by atoms with van der Waals surface area (Å²) in [5.41, 5.74) is 4.77. The molecule has 1 fully saturated rings. The maximum atomic E-state index is 13.6. The van der Waals surface area contributed by atoms with Gasteiger partial charge in [-0.1, -0.05) is 0 Å².